The van der Waals surface area contributed by atoms with Gasteiger partial charge in [-0.2, -0.15) is 0 Å². The van der Waals surface area contributed by atoms with Crippen molar-refractivity contribution in [3.8, 4) is 16.9 Å². The van der Waals surface area contributed by atoms with Gasteiger partial charge in [-0.1, -0.05) is 54.6 Å². The van der Waals surface area contributed by atoms with E-state index in [0.29, 0.717) is 86.6 Å². The summed E-state index contributed by atoms with van der Waals surface area (Å²) in [6, 6.07) is 21.0. The zero-order chi connectivity index (χ0) is 31.0. The number of ether oxygens (including phenoxy) is 3. The highest BCUT2D eigenvalue weighted by Gasteiger charge is 2.40. The number of benzene rings is 3. The van der Waals surface area contributed by atoms with Gasteiger partial charge in [0.05, 0.1) is 30.3 Å². The van der Waals surface area contributed by atoms with Crippen LogP contribution in [0, 0.1) is 10.1 Å². The van der Waals surface area contributed by atoms with Gasteiger partial charge in [-0.05, 0) is 29.9 Å². The molecule has 230 valence electrons. The maximum Gasteiger partial charge on any atom is 0.352 e. The fourth-order valence-corrected chi connectivity index (χ4v) is 6.53. The minimum absolute atomic E-state index is 0.0954. The second-order valence-electron chi connectivity index (χ2n) is 11.4. The fourth-order valence-electron chi connectivity index (χ4n) is 6.53. The maximum atomic E-state index is 12.4. The van der Waals surface area contributed by atoms with E-state index in [1.54, 1.807) is 0 Å². The van der Waals surface area contributed by atoms with Gasteiger partial charge in [0.15, 0.2) is 5.79 Å². The molecule has 2 aromatic heterocycles. The van der Waals surface area contributed by atoms with Crippen molar-refractivity contribution in [3.63, 3.8) is 0 Å². The first kappa shape index (κ1) is 28.8. The number of aromatic nitrogens is 2. The van der Waals surface area contributed by atoms with Gasteiger partial charge in [0.1, 0.15) is 23.5 Å². The van der Waals surface area contributed by atoms with E-state index in [9.17, 15) is 20.0 Å². The number of carboxylic acid groups (broad SMARTS) is 1. The van der Waals surface area contributed by atoms with Crippen LogP contribution in [0.4, 0.5) is 11.5 Å². The number of carboxylic acids is 1. The molecule has 0 radical (unpaired) electrons. The third-order valence-corrected chi connectivity index (χ3v) is 8.73. The van der Waals surface area contributed by atoms with E-state index in [2.05, 4.69) is 14.9 Å². The number of carbonyl (C=O) groups is 1. The molecular weight excluding hydrogens is 576 g/mol. The number of aromatic carboxylic acids is 1. The number of nitro groups is 1. The first-order valence-corrected chi connectivity index (χ1v) is 15.1. The molecule has 2 fully saturated rings. The molecule has 2 aliphatic heterocycles. The minimum Gasteiger partial charge on any atom is -0.493 e. The van der Waals surface area contributed by atoms with Crippen molar-refractivity contribution in [1.29, 1.82) is 0 Å². The van der Waals surface area contributed by atoms with Crippen molar-refractivity contribution in [1.82, 2.24) is 9.97 Å². The number of nitrogens with one attached hydrogen (secondary N) is 1. The lowest BCUT2D eigenvalue weighted by Gasteiger charge is -2.38. The number of hydrogen-bond acceptors (Lipinski definition) is 8. The normalized spacial score (nSPS) is 16.0. The molecule has 0 amide bonds. The fraction of sp³-hybridized carbons (Fsp3) is 0.294. The first-order valence-electron chi connectivity index (χ1n) is 15.1. The topological polar surface area (TPSA) is 140 Å². The lowest BCUT2D eigenvalue weighted by molar-refractivity contribution is -0.385. The van der Waals surface area contributed by atoms with Crippen molar-refractivity contribution in [2.45, 2.75) is 31.5 Å². The van der Waals surface area contributed by atoms with Crippen molar-refractivity contribution < 1.29 is 29.0 Å². The van der Waals surface area contributed by atoms with E-state index in [4.69, 9.17) is 14.2 Å². The predicted octanol–water partition coefficient (Wildman–Crippen LogP) is 6.34. The van der Waals surface area contributed by atoms with Crippen molar-refractivity contribution >= 4 is 39.1 Å². The highest BCUT2D eigenvalue weighted by molar-refractivity contribution is 6.04. The molecule has 4 heterocycles. The zero-order valence-electron chi connectivity index (χ0n) is 24.5. The Hall–Kier alpha value is -5.00. The average molecular weight is 609 g/mol. The monoisotopic (exact) mass is 608 g/mol. The standard InChI is InChI=1S/C34H32N4O7/c39-33(40)31-26(11-5-17-43-29-12-3-7-22-6-1-2-8-24(22)29)25-9-4-10-27(30(25)36-31)28-20-23(38(41)42)21-35-32(28)37-15-13-34(14-16-37)44-18-19-45-34/h1-4,6-10,12,20-21,36H,5,11,13-19H2,(H,39,40). The average Bonchev–Trinajstić information content (AvgIpc) is 3.68. The number of H-pyrrole nitrogens is 1. The largest absolute Gasteiger partial charge is 0.493 e. The van der Waals surface area contributed by atoms with E-state index in [1.807, 2.05) is 60.7 Å². The summed E-state index contributed by atoms with van der Waals surface area (Å²) in [5, 5.41) is 24.8. The van der Waals surface area contributed by atoms with Gasteiger partial charge in [0.2, 0.25) is 0 Å². The molecule has 11 nitrogen and oxygen atoms in total. The predicted molar refractivity (Wildman–Crippen MR) is 169 cm³/mol. The second-order valence-corrected chi connectivity index (χ2v) is 11.4. The molecule has 1 spiro atoms. The quantitative estimate of drug-likeness (QED) is 0.111. The molecule has 3 aromatic carbocycles. The Morgan fingerprint density at radius 3 is 2.53 bits per heavy atom. The van der Waals surface area contributed by atoms with Crippen LogP contribution in [0.2, 0.25) is 0 Å². The summed E-state index contributed by atoms with van der Waals surface area (Å²) >= 11 is 0. The Morgan fingerprint density at radius 1 is 1.02 bits per heavy atom. The molecular formula is C34H32N4O7. The van der Waals surface area contributed by atoms with Crippen LogP contribution in [0.25, 0.3) is 32.8 Å². The summed E-state index contributed by atoms with van der Waals surface area (Å²) in [6.07, 6.45) is 3.61. The van der Waals surface area contributed by atoms with Crippen molar-refractivity contribution in [2.75, 3.05) is 37.8 Å². The number of hydrogen-bond donors (Lipinski definition) is 2. The Labute approximate surface area is 258 Å². The maximum absolute atomic E-state index is 12.4. The second kappa shape index (κ2) is 11.8. The van der Waals surface area contributed by atoms with Crippen LogP contribution in [-0.4, -0.2) is 64.7 Å². The smallest absolute Gasteiger partial charge is 0.352 e. The zero-order valence-corrected chi connectivity index (χ0v) is 24.5. The van der Waals surface area contributed by atoms with Gasteiger partial charge in [-0.25, -0.2) is 9.78 Å². The number of aromatic amines is 1. The van der Waals surface area contributed by atoms with Crippen LogP contribution in [0.1, 0.15) is 35.3 Å². The molecule has 2 saturated heterocycles. The lowest BCUT2D eigenvalue weighted by atomic mass is 9.98. The van der Waals surface area contributed by atoms with Gasteiger partial charge in [0, 0.05) is 53.9 Å². The molecule has 11 heteroatoms. The number of aryl methyl sites for hydroxylation is 1. The summed E-state index contributed by atoms with van der Waals surface area (Å²) < 4.78 is 17.9. The lowest BCUT2D eigenvalue weighted by Crippen LogP contribution is -2.45. The van der Waals surface area contributed by atoms with E-state index in [-0.39, 0.29) is 11.4 Å². The summed E-state index contributed by atoms with van der Waals surface area (Å²) in [4.78, 5) is 33.5. The highest BCUT2D eigenvalue weighted by Crippen LogP contribution is 2.40. The first-order chi connectivity index (χ1) is 21.9. The Bertz CT molecular complexity index is 1900. The Kier molecular flexibility index (Phi) is 7.56. The number of fused-ring (bicyclic) bond motifs is 2. The van der Waals surface area contributed by atoms with Gasteiger partial charge < -0.3 is 29.2 Å². The number of piperidine rings is 1. The van der Waals surface area contributed by atoms with Crippen LogP contribution in [-0.2, 0) is 15.9 Å². The summed E-state index contributed by atoms with van der Waals surface area (Å²) in [7, 11) is 0. The van der Waals surface area contributed by atoms with Gasteiger partial charge in [0.25, 0.3) is 5.69 Å². The Balaban J connectivity index is 1.20. The molecule has 0 unspecified atom stereocenters. The van der Waals surface area contributed by atoms with E-state index in [0.717, 1.165) is 21.9 Å². The molecule has 2 N–H and O–H groups in total. The molecule has 45 heavy (non-hydrogen) atoms. The number of pyridine rings is 1. The van der Waals surface area contributed by atoms with Gasteiger partial charge >= 0.3 is 5.97 Å². The Morgan fingerprint density at radius 2 is 1.76 bits per heavy atom. The number of anilines is 1. The van der Waals surface area contributed by atoms with Crippen LogP contribution in [0.15, 0.2) is 72.9 Å². The number of rotatable bonds is 9. The van der Waals surface area contributed by atoms with E-state index >= 15 is 0 Å². The minimum atomic E-state index is -1.07. The van der Waals surface area contributed by atoms with E-state index in [1.165, 1.54) is 12.3 Å². The summed E-state index contributed by atoms with van der Waals surface area (Å²) in [6.45, 7) is 2.74. The van der Waals surface area contributed by atoms with Crippen molar-refractivity contribution in [2.24, 2.45) is 0 Å². The molecule has 0 saturated carbocycles. The molecule has 0 atom stereocenters. The van der Waals surface area contributed by atoms with Crippen LogP contribution < -0.4 is 9.64 Å². The summed E-state index contributed by atoms with van der Waals surface area (Å²) in [5.74, 6) is -0.275. The highest BCUT2D eigenvalue weighted by atomic mass is 16.7. The number of nitrogens with zero attached hydrogens (tertiary/aromatic N) is 3. The number of para-hydroxylation sites is 1. The van der Waals surface area contributed by atoms with E-state index < -0.39 is 16.7 Å². The molecule has 0 aliphatic carbocycles. The molecule has 7 rings (SSSR count). The van der Waals surface area contributed by atoms with Crippen LogP contribution >= 0.6 is 0 Å². The third kappa shape index (κ3) is 5.45. The summed E-state index contributed by atoms with van der Waals surface area (Å²) in [5.41, 5.74) is 2.42. The van der Waals surface area contributed by atoms with Crippen LogP contribution in [0.3, 0.4) is 0 Å². The SMILES string of the molecule is O=C(O)c1[nH]c2c(-c3cc([N+](=O)[O-])cnc3N3CCC4(CC3)OCCO4)cccc2c1CCCOc1cccc2ccccc12. The van der Waals surface area contributed by atoms with Crippen molar-refractivity contribution in [3.05, 3.63) is 94.3 Å². The molecule has 2 aliphatic rings. The molecule has 5 aromatic rings. The molecule has 0 bridgehead atoms. The third-order valence-electron chi connectivity index (χ3n) is 8.73. The van der Waals surface area contributed by atoms with Gasteiger partial charge in [-0.3, -0.25) is 10.1 Å². The van der Waals surface area contributed by atoms with Crippen LogP contribution in [0.5, 0.6) is 5.75 Å². The van der Waals surface area contributed by atoms with Gasteiger partial charge in [-0.15, -0.1) is 0 Å².